The first-order chi connectivity index (χ1) is 5.90. The first kappa shape index (κ1) is 6.89. The number of aromatic nitrogens is 6. The van der Waals surface area contributed by atoms with Crippen LogP contribution in [-0.2, 0) is 0 Å². The molecule has 0 aliphatic carbocycles. The van der Waals surface area contributed by atoms with Gasteiger partial charge in [-0.05, 0) is 17.4 Å². The molecule has 0 amide bonds. The molecule has 7 heteroatoms. The van der Waals surface area contributed by atoms with Crippen molar-refractivity contribution in [1.82, 2.24) is 30.6 Å². The van der Waals surface area contributed by atoms with Crippen LogP contribution in [0.4, 0.5) is 0 Å². The third kappa shape index (κ3) is 1.04. The lowest BCUT2D eigenvalue weighted by atomic mass is 10.5. The standard InChI is InChI=1S/C5H6N6O/c1-2-12-11-3-4-5(8-10-11)7-9-6-4/h3H,2H2,1H3. The van der Waals surface area contributed by atoms with Crippen LogP contribution >= 0.6 is 0 Å². The van der Waals surface area contributed by atoms with Crippen molar-refractivity contribution in [2.45, 2.75) is 6.92 Å². The Balaban J connectivity index is 2.40. The number of nitrogens with zero attached hydrogens (tertiary/aromatic N) is 6. The summed E-state index contributed by atoms with van der Waals surface area (Å²) < 4.78 is 0. The molecule has 0 unspecified atom stereocenters. The minimum atomic E-state index is 0.422. The topological polar surface area (TPSA) is 78.6 Å². The molecule has 0 bridgehead atoms. The van der Waals surface area contributed by atoms with Gasteiger partial charge in [-0.15, -0.1) is 15.3 Å². The summed E-state index contributed by atoms with van der Waals surface area (Å²) in [6.45, 7) is 2.38. The molecule has 2 aliphatic rings. The van der Waals surface area contributed by atoms with Crippen LogP contribution in [0.1, 0.15) is 6.92 Å². The highest BCUT2D eigenvalue weighted by Gasteiger charge is 2.09. The summed E-state index contributed by atoms with van der Waals surface area (Å²) in [4.78, 5) is 6.27. The molecule has 0 saturated heterocycles. The molecule has 0 N–H and O–H groups in total. The first-order valence-electron chi connectivity index (χ1n) is 3.45. The van der Waals surface area contributed by atoms with E-state index in [1.165, 1.54) is 4.85 Å². The van der Waals surface area contributed by atoms with Gasteiger partial charge in [-0.2, -0.15) is 0 Å². The van der Waals surface area contributed by atoms with Gasteiger partial charge in [0.25, 0.3) is 0 Å². The lowest BCUT2D eigenvalue weighted by Crippen LogP contribution is -2.16. The van der Waals surface area contributed by atoms with Crippen molar-refractivity contribution in [3.05, 3.63) is 6.20 Å². The molecular formula is C5H6N6O. The third-order valence-corrected chi connectivity index (χ3v) is 1.24. The van der Waals surface area contributed by atoms with E-state index in [2.05, 4.69) is 25.7 Å². The van der Waals surface area contributed by atoms with Gasteiger partial charge in [0, 0.05) is 0 Å². The zero-order chi connectivity index (χ0) is 8.39. The Bertz CT molecular complexity index is 346. The van der Waals surface area contributed by atoms with E-state index in [0.717, 1.165) is 0 Å². The molecule has 2 aliphatic heterocycles. The van der Waals surface area contributed by atoms with E-state index in [-0.39, 0.29) is 0 Å². The predicted octanol–water partition coefficient (Wildman–Crippen LogP) is -0.984. The van der Waals surface area contributed by atoms with Gasteiger partial charge in [-0.3, -0.25) is 0 Å². The molecule has 0 radical (unpaired) electrons. The van der Waals surface area contributed by atoms with Gasteiger partial charge in [0.05, 0.1) is 6.20 Å². The minimum Gasteiger partial charge on any atom is -0.396 e. The van der Waals surface area contributed by atoms with Gasteiger partial charge in [-0.25, -0.2) is 0 Å². The maximum absolute atomic E-state index is 5.03. The van der Waals surface area contributed by atoms with E-state index in [0.29, 0.717) is 18.1 Å². The van der Waals surface area contributed by atoms with Crippen LogP contribution in [0.5, 0.6) is 0 Å². The van der Waals surface area contributed by atoms with Crippen molar-refractivity contribution in [2.75, 3.05) is 6.61 Å². The second-order valence-electron chi connectivity index (χ2n) is 2.04. The fraction of sp³-hybridized carbons (Fsp3) is 0.400. The molecule has 2 heterocycles. The lowest BCUT2D eigenvalue weighted by molar-refractivity contribution is 0.0823. The lowest BCUT2D eigenvalue weighted by Gasteiger charge is -2.02. The quantitative estimate of drug-likeness (QED) is 0.570. The van der Waals surface area contributed by atoms with Gasteiger partial charge in [0.1, 0.15) is 6.61 Å². The van der Waals surface area contributed by atoms with Gasteiger partial charge < -0.3 is 4.84 Å². The number of fused-ring (bicyclic) bond motifs is 1. The zero-order valence-corrected chi connectivity index (χ0v) is 6.38. The maximum atomic E-state index is 5.03. The van der Waals surface area contributed by atoms with Crippen molar-refractivity contribution < 1.29 is 4.84 Å². The Hall–Kier alpha value is -1.79. The second-order valence-corrected chi connectivity index (χ2v) is 2.04. The van der Waals surface area contributed by atoms with Crippen LogP contribution in [0.3, 0.4) is 0 Å². The summed E-state index contributed by atoms with van der Waals surface area (Å²) in [6, 6.07) is 0. The van der Waals surface area contributed by atoms with E-state index < -0.39 is 0 Å². The number of rotatable bonds is 2. The van der Waals surface area contributed by atoms with Gasteiger partial charge in [0.15, 0.2) is 5.69 Å². The van der Waals surface area contributed by atoms with Crippen molar-refractivity contribution in [2.24, 2.45) is 0 Å². The Morgan fingerprint density at radius 1 is 1.42 bits per heavy atom. The first-order valence-corrected chi connectivity index (χ1v) is 3.45. The molecule has 62 valence electrons. The smallest absolute Gasteiger partial charge is 0.229 e. The molecule has 0 spiro atoms. The van der Waals surface area contributed by atoms with Crippen LogP contribution in [0, 0.1) is 0 Å². The van der Waals surface area contributed by atoms with Gasteiger partial charge in [-0.1, -0.05) is 4.85 Å². The van der Waals surface area contributed by atoms with Gasteiger partial charge >= 0.3 is 0 Å². The Morgan fingerprint density at radius 2 is 2.33 bits per heavy atom. The highest BCUT2D eigenvalue weighted by atomic mass is 16.7. The van der Waals surface area contributed by atoms with Crippen LogP contribution in [0.2, 0.25) is 0 Å². The van der Waals surface area contributed by atoms with Crippen LogP contribution in [0.15, 0.2) is 6.20 Å². The summed E-state index contributed by atoms with van der Waals surface area (Å²) in [6.07, 6.45) is 1.58. The van der Waals surface area contributed by atoms with Crippen molar-refractivity contribution in [3.8, 4) is 11.5 Å². The van der Waals surface area contributed by atoms with E-state index >= 15 is 0 Å². The molecule has 0 atom stereocenters. The van der Waals surface area contributed by atoms with Crippen molar-refractivity contribution in [1.29, 1.82) is 0 Å². The van der Waals surface area contributed by atoms with E-state index in [9.17, 15) is 0 Å². The maximum Gasteiger partial charge on any atom is 0.229 e. The highest BCUT2D eigenvalue weighted by molar-refractivity contribution is 5.44. The van der Waals surface area contributed by atoms with E-state index in [1.807, 2.05) is 6.92 Å². The van der Waals surface area contributed by atoms with Crippen LogP contribution in [0.25, 0.3) is 11.5 Å². The number of hydrogen-bond acceptors (Lipinski definition) is 6. The predicted molar refractivity (Wildman–Crippen MR) is 37.2 cm³/mol. The molecule has 0 aromatic rings. The van der Waals surface area contributed by atoms with E-state index in [1.54, 1.807) is 6.20 Å². The van der Waals surface area contributed by atoms with E-state index in [4.69, 9.17) is 4.84 Å². The average Bonchev–Trinajstić information content (AvgIpc) is 2.51. The summed E-state index contributed by atoms with van der Waals surface area (Å²) in [5.41, 5.74) is 0.568. The van der Waals surface area contributed by atoms with Crippen LogP contribution < -0.4 is 4.84 Å². The summed E-state index contributed by atoms with van der Waals surface area (Å²) in [5.74, 6) is 0.422. The van der Waals surface area contributed by atoms with Crippen molar-refractivity contribution in [3.63, 3.8) is 0 Å². The highest BCUT2D eigenvalue weighted by Crippen LogP contribution is 2.07. The molecule has 0 aromatic heterocycles. The Kier molecular flexibility index (Phi) is 1.54. The minimum absolute atomic E-state index is 0.422. The van der Waals surface area contributed by atoms with Gasteiger partial charge in [0.2, 0.25) is 5.82 Å². The molecule has 7 nitrogen and oxygen atoms in total. The summed E-state index contributed by atoms with van der Waals surface area (Å²) >= 11 is 0. The average molecular weight is 166 g/mol. The Morgan fingerprint density at radius 3 is 3.17 bits per heavy atom. The number of hydrogen-bond donors (Lipinski definition) is 0. The monoisotopic (exact) mass is 166 g/mol. The SMILES string of the molecule is CCOn1cc2nnnc-2nn1. The van der Waals surface area contributed by atoms with Crippen LogP contribution in [-0.4, -0.2) is 37.2 Å². The molecule has 0 saturated carbocycles. The Labute approximate surface area is 67.7 Å². The fourth-order valence-corrected chi connectivity index (χ4v) is 0.776. The summed E-state index contributed by atoms with van der Waals surface area (Å²) in [5, 5.41) is 18.1. The normalized spacial score (nSPS) is 10.4. The fourth-order valence-electron chi connectivity index (χ4n) is 0.776. The third-order valence-electron chi connectivity index (χ3n) is 1.24. The molecule has 0 aromatic carbocycles. The molecular weight excluding hydrogens is 160 g/mol. The van der Waals surface area contributed by atoms with Crippen molar-refractivity contribution >= 4 is 0 Å². The molecule has 0 fully saturated rings. The summed E-state index contributed by atoms with van der Waals surface area (Å²) in [7, 11) is 0. The molecule has 12 heavy (non-hydrogen) atoms. The largest absolute Gasteiger partial charge is 0.396 e. The zero-order valence-electron chi connectivity index (χ0n) is 6.38. The molecule has 2 rings (SSSR count). The second kappa shape index (κ2) is 2.68.